The fourth-order valence-electron chi connectivity index (χ4n) is 1.40. The van der Waals surface area contributed by atoms with Crippen LogP contribution in [0.4, 0.5) is 0 Å². The molecule has 0 heterocycles. The van der Waals surface area contributed by atoms with Crippen LogP contribution in [0.3, 0.4) is 0 Å². The van der Waals surface area contributed by atoms with Crippen LogP contribution in [0.25, 0.3) is 0 Å². The van der Waals surface area contributed by atoms with Crippen LogP contribution in [-0.4, -0.2) is 5.17 Å². The van der Waals surface area contributed by atoms with Crippen LogP contribution in [0.1, 0.15) is 5.56 Å². The van der Waals surface area contributed by atoms with Crippen LogP contribution in [0.2, 0.25) is 0 Å². The number of rotatable bonds is 3. The Balaban J connectivity index is 1.83. The molecule has 0 aliphatic heterocycles. The smallest absolute Gasteiger partial charge is 0.262 e. The van der Waals surface area contributed by atoms with Crippen LogP contribution in [-0.2, 0) is 6.54 Å². The first-order valence-corrected chi connectivity index (χ1v) is 5.80. The monoisotopic (exact) mass is 243 g/mol. The molecular formula is C14H13NOS. The molecule has 2 nitrogen and oxygen atoms in total. The van der Waals surface area contributed by atoms with Crippen molar-refractivity contribution in [3.05, 3.63) is 66.2 Å². The van der Waals surface area contributed by atoms with Crippen LogP contribution in [0.5, 0.6) is 5.75 Å². The van der Waals surface area contributed by atoms with E-state index in [9.17, 15) is 0 Å². The Kier molecular flexibility index (Phi) is 4.11. The van der Waals surface area contributed by atoms with Gasteiger partial charge in [0.15, 0.2) is 0 Å². The third kappa shape index (κ3) is 3.89. The molecule has 0 saturated carbocycles. The lowest BCUT2D eigenvalue weighted by Gasteiger charge is -2.09. The number of para-hydroxylation sites is 1. The van der Waals surface area contributed by atoms with E-state index in [0.29, 0.717) is 11.7 Å². The fraction of sp³-hybridized carbons (Fsp3) is 0.0714. The molecular weight excluding hydrogens is 230 g/mol. The highest BCUT2D eigenvalue weighted by molar-refractivity contribution is 7.80. The number of hydrogen-bond acceptors (Lipinski definition) is 2. The maximum absolute atomic E-state index is 5.46. The molecule has 3 heteroatoms. The Morgan fingerprint density at radius 1 is 0.941 bits per heavy atom. The molecule has 2 rings (SSSR count). The lowest BCUT2D eigenvalue weighted by molar-refractivity contribution is 0.531. The number of benzene rings is 2. The second kappa shape index (κ2) is 6.01. The maximum atomic E-state index is 5.46. The van der Waals surface area contributed by atoms with Crippen molar-refractivity contribution in [3.8, 4) is 5.75 Å². The van der Waals surface area contributed by atoms with Gasteiger partial charge >= 0.3 is 0 Å². The average Bonchev–Trinajstić information content (AvgIpc) is 2.39. The summed E-state index contributed by atoms with van der Waals surface area (Å²) < 4.78 is 5.46. The average molecular weight is 243 g/mol. The van der Waals surface area contributed by atoms with Crippen molar-refractivity contribution in [1.82, 2.24) is 5.32 Å². The van der Waals surface area contributed by atoms with Gasteiger partial charge in [0, 0.05) is 6.54 Å². The van der Waals surface area contributed by atoms with Crippen LogP contribution in [0.15, 0.2) is 60.7 Å². The summed E-state index contributed by atoms with van der Waals surface area (Å²) >= 11 is 5.10. The first-order valence-electron chi connectivity index (χ1n) is 5.39. The molecule has 0 fully saturated rings. The van der Waals surface area contributed by atoms with Gasteiger partial charge in [-0.2, -0.15) is 0 Å². The van der Waals surface area contributed by atoms with Crippen molar-refractivity contribution in [2.75, 3.05) is 0 Å². The largest absolute Gasteiger partial charge is 0.432 e. The van der Waals surface area contributed by atoms with E-state index < -0.39 is 0 Å². The minimum Gasteiger partial charge on any atom is -0.432 e. The topological polar surface area (TPSA) is 21.3 Å². The van der Waals surface area contributed by atoms with Gasteiger partial charge in [-0.15, -0.1) is 0 Å². The van der Waals surface area contributed by atoms with E-state index in [0.717, 1.165) is 5.75 Å². The lowest BCUT2D eigenvalue weighted by atomic mass is 10.2. The first kappa shape index (κ1) is 11.6. The van der Waals surface area contributed by atoms with Crippen molar-refractivity contribution in [3.63, 3.8) is 0 Å². The summed E-state index contributed by atoms with van der Waals surface area (Å²) in [4.78, 5) is 0. The molecule has 2 aromatic rings. The second-order valence-corrected chi connectivity index (χ2v) is 3.91. The van der Waals surface area contributed by atoms with Crippen molar-refractivity contribution in [2.45, 2.75) is 6.54 Å². The normalized spacial score (nSPS) is 9.65. The standard InChI is InChI=1S/C14H13NOS/c17-14(16-13-9-5-2-6-10-13)15-11-12-7-3-1-4-8-12/h1-10H,11H2,(H,15,17). The molecule has 1 N–H and O–H groups in total. The van der Waals surface area contributed by atoms with Crippen LogP contribution >= 0.6 is 12.2 Å². The SMILES string of the molecule is S=C(NCc1ccccc1)Oc1ccccc1. The summed E-state index contributed by atoms with van der Waals surface area (Å²) in [5.74, 6) is 0.748. The predicted molar refractivity (Wildman–Crippen MR) is 72.9 cm³/mol. The van der Waals surface area contributed by atoms with Crippen molar-refractivity contribution >= 4 is 17.4 Å². The van der Waals surface area contributed by atoms with Crippen LogP contribution in [0, 0.1) is 0 Å². The zero-order valence-electron chi connectivity index (χ0n) is 9.30. The van der Waals surface area contributed by atoms with Crippen LogP contribution < -0.4 is 10.1 Å². The van der Waals surface area contributed by atoms with E-state index in [1.165, 1.54) is 5.56 Å². The van der Waals surface area contributed by atoms with E-state index in [-0.39, 0.29) is 0 Å². The van der Waals surface area contributed by atoms with Gasteiger partial charge < -0.3 is 10.1 Å². The highest BCUT2D eigenvalue weighted by Crippen LogP contribution is 2.08. The van der Waals surface area contributed by atoms with Gasteiger partial charge in [0.05, 0.1) is 0 Å². The quantitative estimate of drug-likeness (QED) is 0.837. The van der Waals surface area contributed by atoms with Crippen molar-refractivity contribution < 1.29 is 4.74 Å². The molecule has 0 aliphatic carbocycles. The summed E-state index contributed by atoms with van der Waals surface area (Å²) in [6.07, 6.45) is 0. The van der Waals surface area contributed by atoms with E-state index in [4.69, 9.17) is 17.0 Å². The predicted octanol–water partition coefficient (Wildman–Crippen LogP) is 3.14. The molecule has 0 spiro atoms. The zero-order valence-corrected chi connectivity index (χ0v) is 10.1. The summed E-state index contributed by atoms with van der Waals surface area (Å²) in [5, 5.41) is 3.45. The summed E-state index contributed by atoms with van der Waals surface area (Å²) in [6, 6.07) is 19.6. The van der Waals surface area contributed by atoms with Crippen molar-refractivity contribution in [2.24, 2.45) is 0 Å². The van der Waals surface area contributed by atoms with Gasteiger partial charge in [-0.25, -0.2) is 0 Å². The fourth-order valence-corrected chi connectivity index (χ4v) is 1.57. The molecule has 86 valence electrons. The minimum atomic E-state index is 0.389. The summed E-state index contributed by atoms with van der Waals surface area (Å²) in [6.45, 7) is 0.673. The molecule has 17 heavy (non-hydrogen) atoms. The van der Waals surface area contributed by atoms with Gasteiger partial charge in [0.25, 0.3) is 5.17 Å². The molecule has 0 unspecified atom stereocenters. The Bertz CT molecular complexity index is 470. The number of hydrogen-bond donors (Lipinski definition) is 1. The minimum absolute atomic E-state index is 0.389. The van der Waals surface area contributed by atoms with Gasteiger partial charge in [0.1, 0.15) is 5.75 Å². The third-order valence-electron chi connectivity index (χ3n) is 2.23. The van der Waals surface area contributed by atoms with Gasteiger partial charge in [-0.05, 0) is 29.9 Å². The molecule has 0 radical (unpaired) electrons. The van der Waals surface area contributed by atoms with E-state index in [1.807, 2.05) is 60.7 Å². The Morgan fingerprint density at radius 2 is 1.53 bits per heavy atom. The molecule has 2 aromatic carbocycles. The number of ether oxygens (including phenoxy) is 1. The van der Waals surface area contributed by atoms with E-state index in [2.05, 4.69) is 5.32 Å². The van der Waals surface area contributed by atoms with Gasteiger partial charge in [-0.3, -0.25) is 0 Å². The third-order valence-corrected chi connectivity index (χ3v) is 2.46. The molecule has 0 atom stereocenters. The van der Waals surface area contributed by atoms with Crippen molar-refractivity contribution in [1.29, 1.82) is 0 Å². The molecule has 0 aromatic heterocycles. The molecule has 0 aliphatic rings. The Morgan fingerprint density at radius 3 is 2.18 bits per heavy atom. The Labute approximate surface area is 106 Å². The number of nitrogens with one attached hydrogen (secondary N) is 1. The second-order valence-electron chi connectivity index (χ2n) is 3.54. The Hall–Kier alpha value is -1.87. The molecule has 0 amide bonds. The zero-order chi connectivity index (χ0) is 11.9. The van der Waals surface area contributed by atoms with Gasteiger partial charge in [-0.1, -0.05) is 48.5 Å². The van der Waals surface area contributed by atoms with E-state index >= 15 is 0 Å². The summed E-state index contributed by atoms with van der Waals surface area (Å²) in [5.41, 5.74) is 1.17. The highest BCUT2D eigenvalue weighted by Gasteiger charge is 1.98. The maximum Gasteiger partial charge on any atom is 0.262 e. The van der Waals surface area contributed by atoms with Gasteiger partial charge in [0.2, 0.25) is 0 Å². The number of thiocarbonyl (C=S) groups is 1. The lowest BCUT2D eigenvalue weighted by Crippen LogP contribution is -2.25. The summed E-state index contributed by atoms with van der Waals surface area (Å²) in [7, 11) is 0. The molecule has 0 saturated heterocycles. The molecule has 0 bridgehead atoms. The highest BCUT2D eigenvalue weighted by atomic mass is 32.1. The first-order chi connectivity index (χ1) is 8.34. The van der Waals surface area contributed by atoms with E-state index in [1.54, 1.807) is 0 Å².